The SMILES string of the molecule is Cc1cc(C)c([N+](=O)[O-])cc1-n1ccc(=O)c(C(=O)O)n1. The summed E-state index contributed by atoms with van der Waals surface area (Å²) < 4.78 is 1.15. The van der Waals surface area contributed by atoms with Gasteiger partial charge in [0.05, 0.1) is 10.6 Å². The first-order chi connectivity index (χ1) is 9.81. The minimum Gasteiger partial charge on any atom is -0.476 e. The molecule has 0 aliphatic heterocycles. The van der Waals surface area contributed by atoms with Crippen LogP contribution in [-0.2, 0) is 0 Å². The first kappa shape index (κ1) is 14.4. The molecule has 2 rings (SSSR count). The van der Waals surface area contributed by atoms with E-state index in [9.17, 15) is 19.7 Å². The van der Waals surface area contributed by atoms with Crippen molar-refractivity contribution in [2.75, 3.05) is 0 Å². The molecule has 21 heavy (non-hydrogen) atoms. The van der Waals surface area contributed by atoms with Gasteiger partial charge in [0.2, 0.25) is 11.1 Å². The van der Waals surface area contributed by atoms with Gasteiger partial charge >= 0.3 is 5.97 Å². The summed E-state index contributed by atoms with van der Waals surface area (Å²) >= 11 is 0. The summed E-state index contributed by atoms with van der Waals surface area (Å²) in [5.74, 6) is -1.45. The number of carboxylic acid groups (broad SMARTS) is 1. The number of carboxylic acids is 1. The Morgan fingerprint density at radius 1 is 1.33 bits per heavy atom. The number of carbonyl (C=O) groups is 1. The molecule has 0 aliphatic rings. The fourth-order valence-corrected chi connectivity index (χ4v) is 1.96. The third-order valence-corrected chi connectivity index (χ3v) is 2.97. The van der Waals surface area contributed by atoms with Crippen LogP contribution in [0.25, 0.3) is 5.69 Å². The van der Waals surface area contributed by atoms with Crippen LogP contribution in [0.4, 0.5) is 5.69 Å². The van der Waals surface area contributed by atoms with Crippen LogP contribution in [0.1, 0.15) is 21.6 Å². The van der Waals surface area contributed by atoms with Gasteiger partial charge in [0.25, 0.3) is 5.69 Å². The highest BCUT2D eigenvalue weighted by Crippen LogP contribution is 2.24. The van der Waals surface area contributed by atoms with Crippen LogP contribution >= 0.6 is 0 Å². The van der Waals surface area contributed by atoms with Crippen molar-refractivity contribution in [2.45, 2.75) is 13.8 Å². The second kappa shape index (κ2) is 5.16. The number of aryl methyl sites for hydroxylation is 2. The van der Waals surface area contributed by atoms with Gasteiger partial charge in [0.1, 0.15) is 0 Å². The molecule has 1 aromatic carbocycles. The van der Waals surface area contributed by atoms with Crippen molar-refractivity contribution < 1.29 is 14.8 Å². The molecule has 0 radical (unpaired) electrons. The number of aromatic nitrogens is 2. The zero-order valence-corrected chi connectivity index (χ0v) is 11.2. The summed E-state index contributed by atoms with van der Waals surface area (Å²) in [6.07, 6.45) is 1.27. The zero-order chi connectivity index (χ0) is 15.7. The standard InChI is InChI=1S/C13H11N3O5/c1-7-5-8(2)10(16(20)21)6-9(7)15-4-3-11(17)12(14-15)13(18)19/h3-6H,1-2H3,(H,18,19). The number of nitro groups is 1. The van der Waals surface area contributed by atoms with E-state index in [2.05, 4.69) is 5.10 Å². The van der Waals surface area contributed by atoms with Gasteiger partial charge in [-0.25, -0.2) is 9.48 Å². The number of nitro benzene ring substituents is 1. The van der Waals surface area contributed by atoms with Crippen molar-refractivity contribution in [3.8, 4) is 5.69 Å². The van der Waals surface area contributed by atoms with E-state index in [4.69, 9.17) is 5.11 Å². The molecule has 8 nitrogen and oxygen atoms in total. The molecular formula is C13H11N3O5. The summed E-state index contributed by atoms with van der Waals surface area (Å²) in [5.41, 5.74) is 0.0345. The third-order valence-electron chi connectivity index (χ3n) is 2.97. The normalized spacial score (nSPS) is 10.4. The number of hydrogen-bond acceptors (Lipinski definition) is 5. The van der Waals surface area contributed by atoms with E-state index in [1.807, 2.05) is 0 Å². The lowest BCUT2D eigenvalue weighted by molar-refractivity contribution is -0.385. The molecule has 0 aliphatic carbocycles. The lowest BCUT2D eigenvalue weighted by atomic mass is 10.1. The Kier molecular flexibility index (Phi) is 3.53. The van der Waals surface area contributed by atoms with Crippen LogP contribution < -0.4 is 5.43 Å². The van der Waals surface area contributed by atoms with Gasteiger partial charge in [-0.15, -0.1) is 0 Å². The molecule has 1 heterocycles. The number of nitrogens with zero attached hydrogens (tertiary/aromatic N) is 3. The van der Waals surface area contributed by atoms with Crippen molar-refractivity contribution in [3.05, 3.63) is 61.6 Å². The van der Waals surface area contributed by atoms with Gasteiger partial charge in [-0.1, -0.05) is 0 Å². The first-order valence-electron chi connectivity index (χ1n) is 5.90. The van der Waals surface area contributed by atoms with E-state index >= 15 is 0 Å². The van der Waals surface area contributed by atoms with E-state index in [-0.39, 0.29) is 5.69 Å². The highest BCUT2D eigenvalue weighted by atomic mass is 16.6. The molecule has 108 valence electrons. The number of benzene rings is 1. The molecule has 2 aromatic rings. The zero-order valence-electron chi connectivity index (χ0n) is 11.2. The Morgan fingerprint density at radius 2 is 2.00 bits per heavy atom. The Balaban J connectivity index is 2.70. The lowest BCUT2D eigenvalue weighted by Gasteiger charge is -2.10. The van der Waals surface area contributed by atoms with Gasteiger partial charge < -0.3 is 5.11 Å². The van der Waals surface area contributed by atoms with Crippen molar-refractivity contribution >= 4 is 11.7 Å². The topological polar surface area (TPSA) is 115 Å². The summed E-state index contributed by atoms with van der Waals surface area (Å²) in [6.45, 7) is 3.32. The molecule has 0 fully saturated rings. The van der Waals surface area contributed by atoms with Crippen molar-refractivity contribution in [2.24, 2.45) is 0 Å². The van der Waals surface area contributed by atoms with Crippen LogP contribution in [0.3, 0.4) is 0 Å². The fraction of sp³-hybridized carbons (Fsp3) is 0.154. The smallest absolute Gasteiger partial charge is 0.360 e. The maximum atomic E-state index is 11.4. The minimum atomic E-state index is -1.45. The molecule has 1 aromatic heterocycles. The van der Waals surface area contributed by atoms with E-state index in [0.717, 1.165) is 10.7 Å². The lowest BCUT2D eigenvalue weighted by Crippen LogP contribution is -2.20. The van der Waals surface area contributed by atoms with Gasteiger partial charge in [-0.3, -0.25) is 14.9 Å². The van der Waals surface area contributed by atoms with Crippen LogP contribution in [0, 0.1) is 24.0 Å². The second-order valence-corrected chi connectivity index (χ2v) is 4.46. The summed E-state index contributed by atoms with van der Waals surface area (Å²) in [6, 6.07) is 3.96. The summed E-state index contributed by atoms with van der Waals surface area (Å²) in [4.78, 5) is 32.8. The maximum Gasteiger partial charge on any atom is 0.360 e. The Hall–Kier alpha value is -3.03. The van der Waals surface area contributed by atoms with Crippen LogP contribution in [0.5, 0.6) is 0 Å². The molecular weight excluding hydrogens is 278 g/mol. The first-order valence-corrected chi connectivity index (χ1v) is 5.90. The average molecular weight is 289 g/mol. The quantitative estimate of drug-likeness (QED) is 0.675. The van der Waals surface area contributed by atoms with Gasteiger partial charge in [0, 0.05) is 23.9 Å². The fourth-order valence-electron chi connectivity index (χ4n) is 1.96. The Bertz CT molecular complexity index is 810. The van der Waals surface area contributed by atoms with Crippen molar-refractivity contribution in [3.63, 3.8) is 0 Å². The predicted molar refractivity (Wildman–Crippen MR) is 72.9 cm³/mol. The second-order valence-electron chi connectivity index (χ2n) is 4.46. The highest BCUT2D eigenvalue weighted by Gasteiger charge is 2.17. The number of hydrogen-bond donors (Lipinski definition) is 1. The molecule has 8 heteroatoms. The molecule has 0 saturated heterocycles. The van der Waals surface area contributed by atoms with Crippen LogP contribution in [-0.4, -0.2) is 25.8 Å². The predicted octanol–water partition coefficient (Wildman–Crippen LogP) is 1.46. The Labute approximate surface area is 118 Å². The third kappa shape index (κ3) is 2.64. The van der Waals surface area contributed by atoms with Crippen molar-refractivity contribution in [1.29, 1.82) is 0 Å². The highest BCUT2D eigenvalue weighted by molar-refractivity contribution is 5.84. The number of aromatic carboxylic acids is 1. The Morgan fingerprint density at radius 3 is 2.57 bits per heavy atom. The molecule has 0 amide bonds. The molecule has 1 N–H and O–H groups in total. The largest absolute Gasteiger partial charge is 0.476 e. The van der Waals surface area contributed by atoms with E-state index < -0.39 is 22.0 Å². The van der Waals surface area contributed by atoms with E-state index in [0.29, 0.717) is 16.8 Å². The van der Waals surface area contributed by atoms with Gasteiger partial charge in [-0.05, 0) is 25.5 Å². The van der Waals surface area contributed by atoms with Crippen LogP contribution in [0.15, 0.2) is 29.2 Å². The monoisotopic (exact) mass is 289 g/mol. The van der Waals surface area contributed by atoms with Gasteiger partial charge in [-0.2, -0.15) is 5.10 Å². The van der Waals surface area contributed by atoms with Crippen LogP contribution in [0.2, 0.25) is 0 Å². The van der Waals surface area contributed by atoms with E-state index in [1.165, 1.54) is 12.3 Å². The maximum absolute atomic E-state index is 11.4. The van der Waals surface area contributed by atoms with Gasteiger partial charge in [0.15, 0.2) is 0 Å². The molecule has 0 bridgehead atoms. The summed E-state index contributed by atoms with van der Waals surface area (Å²) in [5, 5.41) is 23.6. The summed E-state index contributed by atoms with van der Waals surface area (Å²) in [7, 11) is 0. The van der Waals surface area contributed by atoms with E-state index in [1.54, 1.807) is 19.9 Å². The average Bonchev–Trinajstić information content (AvgIpc) is 2.39. The molecule has 0 spiro atoms. The molecule has 0 unspecified atom stereocenters. The van der Waals surface area contributed by atoms with Crippen molar-refractivity contribution in [1.82, 2.24) is 9.78 Å². The molecule has 0 saturated carbocycles. The minimum absolute atomic E-state index is 0.104. The number of rotatable bonds is 3. The molecule has 0 atom stereocenters.